The molecule has 0 radical (unpaired) electrons. The summed E-state index contributed by atoms with van der Waals surface area (Å²) in [6, 6.07) is 3.42. The Kier molecular flexibility index (Phi) is 5.81. The molecule has 0 fully saturated rings. The van der Waals surface area contributed by atoms with Crippen LogP contribution in [0.3, 0.4) is 0 Å². The maximum atomic E-state index is 12.8. The molecule has 3 nitrogen and oxygen atoms in total. The predicted octanol–water partition coefficient (Wildman–Crippen LogP) is 3.23. The van der Waals surface area contributed by atoms with Crippen LogP contribution < -0.4 is 5.32 Å². The van der Waals surface area contributed by atoms with Gasteiger partial charge in [0.25, 0.3) is 5.91 Å². The Bertz CT molecular complexity index is 449. The van der Waals surface area contributed by atoms with Crippen LogP contribution in [0, 0.1) is 0 Å². The van der Waals surface area contributed by atoms with E-state index >= 15 is 0 Å². The quantitative estimate of drug-likeness (QED) is 0.836. The van der Waals surface area contributed by atoms with Gasteiger partial charge in [-0.1, -0.05) is 15.9 Å². The van der Waals surface area contributed by atoms with E-state index in [-0.39, 0.29) is 17.6 Å². The summed E-state index contributed by atoms with van der Waals surface area (Å²) < 4.78 is 43.7. The highest BCUT2D eigenvalue weighted by Gasteiger charge is 2.35. The van der Waals surface area contributed by atoms with E-state index in [1.807, 2.05) is 0 Å². The molecule has 0 saturated heterocycles. The lowest BCUT2D eigenvalue weighted by Crippen LogP contribution is -2.29. The first kappa shape index (κ1) is 16.0. The van der Waals surface area contributed by atoms with E-state index in [0.717, 1.165) is 12.1 Å². The highest BCUT2D eigenvalue weighted by atomic mass is 79.9. The third-order valence-electron chi connectivity index (χ3n) is 2.27. The number of alkyl halides is 3. The zero-order valence-corrected chi connectivity index (χ0v) is 11.8. The topological polar surface area (TPSA) is 38.3 Å². The Balaban J connectivity index is 2.85. The molecule has 0 saturated carbocycles. The Morgan fingerprint density at radius 3 is 2.68 bits per heavy atom. The fourth-order valence-electron chi connectivity index (χ4n) is 1.43. The van der Waals surface area contributed by atoms with Gasteiger partial charge < -0.3 is 10.1 Å². The molecule has 0 aliphatic heterocycles. The maximum Gasteiger partial charge on any atom is 0.417 e. The molecule has 0 spiro atoms. The minimum Gasteiger partial charge on any atom is -0.380 e. The van der Waals surface area contributed by atoms with Crippen molar-refractivity contribution in [3.05, 3.63) is 33.8 Å². The molecular formula is C12H13BrF3NO2. The normalized spacial score (nSPS) is 11.4. The van der Waals surface area contributed by atoms with Crippen LogP contribution in [0.15, 0.2) is 22.7 Å². The van der Waals surface area contributed by atoms with Crippen molar-refractivity contribution in [3.8, 4) is 0 Å². The van der Waals surface area contributed by atoms with Gasteiger partial charge in [-0.15, -0.1) is 0 Å². The first-order valence-corrected chi connectivity index (χ1v) is 6.38. The zero-order chi connectivity index (χ0) is 14.5. The zero-order valence-electron chi connectivity index (χ0n) is 10.2. The molecule has 0 bridgehead atoms. The molecule has 1 rings (SSSR count). The van der Waals surface area contributed by atoms with Crippen molar-refractivity contribution >= 4 is 21.8 Å². The van der Waals surface area contributed by atoms with Crippen molar-refractivity contribution in [2.45, 2.75) is 13.1 Å². The van der Waals surface area contributed by atoms with Crippen LogP contribution in [-0.2, 0) is 10.9 Å². The minimum atomic E-state index is -4.57. The summed E-state index contributed by atoms with van der Waals surface area (Å²) in [7, 11) is 0. The summed E-state index contributed by atoms with van der Waals surface area (Å²) in [5.41, 5.74) is -1.36. The molecule has 0 aromatic heterocycles. The van der Waals surface area contributed by atoms with Gasteiger partial charge in [-0.05, 0) is 25.1 Å². The largest absolute Gasteiger partial charge is 0.417 e. The van der Waals surface area contributed by atoms with Gasteiger partial charge in [-0.3, -0.25) is 4.79 Å². The number of halogens is 4. The van der Waals surface area contributed by atoms with Gasteiger partial charge in [-0.25, -0.2) is 0 Å². The lowest BCUT2D eigenvalue weighted by atomic mass is 10.1. The molecule has 0 atom stereocenters. The highest BCUT2D eigenvalue weighted by molar-refractivity contribution is 9.10. The number of carbonyl (C=O) groups excluding carboxylic acids is 1. The lowest BCUT2D eigenvalue weighted by Gasteiger charge is -2.13. The summed E-state index contributed by atoms with van der Waals surface area (Å²) in [6.07, 6.45) is -4.57. The molecule has 0 heterocycles. The Morgan fingerprint density at radius 2 is 2.11 bits per heavy atom. The number of carbonyl (C=O) groups is 1. The van der Waals surface area contributed by atoms with Crippen molar-refractivity contribution in [1.82, 2.24) is 5.32 Å². The monoisotopic (exact) mass is 339 g/mol. The summed E-state index contributed by atoms with van der Waals surface area (Å²) in [5, 5.41) is 2.39. The van der Waals surface area contributed by atoms with Gasteiger partial charge in [0.2, 0.25) is 0 Å². The van der Waals surface area contributed by atoms with Crippen LogP contribution in [0.5, 0.6) is 0 Å². The van der Waals surface area contributed by atoms with E-state index in [1.165, 1.54) is 6.07 Å². The van der Waals surface area contributed by atoms with Gasteiger partial charge in [-0.2, -0.15) is 13.2 Å². The van der Waals surface area contributed by atoms with Crippen LogP contribution in [0.4, 0.5) is 13.2 Å². The number of hydrogen-bond acceptors (Lipinski definition) is 2. The van der Waals surface area contributed by atoms with Gasteiger partial charge in [0, 0.05) is 17.6 Å². The van der Waals surface area contributed by atoms with Gasteiger partial charge in [0.1, 0.15) is 0 Å². The number of nitrogens with one attached hydrogen (secondary N) is 1. The van der Waals surface area contributed by atoms with Gasteiger partial charge >= 0.3 is 6.18 Å². The van der Waals surface area contributed by atoms with Crippen LogP contribution in [0.25, 0.3) is 0 Å². The molecule has 1 aromatic rings. The minimum absolute atomic E-state index is 0.167. The molecule has 7 heteroatoms. The first-order valence-electron chi connectivity index (χ1n) is 5.59. The fourth-order valence-corrected chi connectivity index (χ4v) is 1.79. The Labute approximate surface area is 117 Å². The number of ether oxygens (including phenoxy) is 1. The molecule has 0 aliphatic carbocycles. The predicted molar refractivity (Wildman–Crippen MR) is 68.0 cm³/mol. The SMILES string of the molecule is CCOCCNC(=O)c1ccc(Br)cc1C(F)(F)F. The second-order valence-corrected chi connectivity index (χ2v) is 4.56. The second-order valence-electron chi connectivity index (χ2n) is 3.64. The average Bonchev–Trinajstić information content (AvgIpc) is 2.33. The molecule has 106 valence electrons. The van der Waals surface area contributed by atoms with Crippen LogP contribution in [-0.4, -0.2) is 25.7 Å². The highest BCUT2D eigenvalue weighted by Crippen LogP contribution is 2.33. The molecule has 19 heavy (non-hydrogen) atoms. The molecule has 1 amide bonds. The van der Waals surface area contributed by atoms with Gasteiger partial charge in [0.15, 0.2) is 0 Å². The van der Waals surface area contributed by atoms with Gasteiger partial charge in [0.05, 0.1) is 17.7 Å². The molecule has 0 unspecified atom stereocenters. The van der Waals surface area contributed by atoms with E-state index in [9.17, 15) is 18.0 Å². The van der Waals surface area contributed by atoms with Crippen molar-refractivity contribution in [3.63, 3.8) is 0 Å². The van der Waals surface area contributed by atoms with E-state index in [1.54, 1.807) is 6.92 Å². The average molecular weight is 340 g/mol. The van der Waals surface area contributed by atoms with E-state index in [4.69, 9.17) is 4.74 Å². The summed E-state index contributed by atoms with van der Waals surface area (Å²) in [6.45, 7) is 2.71. The van der Waals surface area contributed by atoms with Crippen molar-refractivity contribution in [1.29, 1.82) is 0 Å². The number of amides is 1. The Hall–Kier alpha value is -1.08. The smallest absolute Gasteiger partial charge is 0.380 e. The van der Waals surface area contributed by atoms with Crippen LogP contribution in [0.1, 0.15) is 22.8 Å². The molecule has 1 N–H and O–H groups in total. The lowest BCUT2D eigenvalue weighted by molar-refractivity contribution is -0.138. The summed E-state index contributed by atoms with van der Waals surface area (Å²) >= 11 is 2.96. The third-order valence-corrected chi connectivity index (χ3v) is 2.76. The molecule has 0 aliphatic rings. The molecular weight excluding hydrogens is 327 g/mol. The van der Waals surface area contributed by atoms with Crippen molar-refractivity contribution < 1.29 is 22.7 Å². The fraction of sp³-hybridized carbons (Fsp3) is 0.417. The summed E-state index contributed by atoms with van der Waals surface area (Å²) in [4.78, 5) is 11.7. The van der Waals surface area contributed by atoms with Crippen LogP contribution in [0.2, 0.25) is 0 Å². The van der Waals surface area contributed by atoms with Crippen molar-refractivity contribution in [2.75, 3.05) is 19.8 Å². The number of rotatable bonds is 5. The molecule has 1 aromatic carbocycles. The van der Waals surface area contributed by atoms with Crippen molar-refractivity contribution in [2.24, 2.45) is 0 Å². The van der Waals surface area contributed by atoms with E-state index < -0.39 is 23.2 Å². The van der Waals surface area contributed by atoms with E-state index in [0.29, 0.717) is 6.61 Å². The van der Waals surface area contributed by atoms with E-state index in [2.05, 4.69) is 21.2 Å². The maximum absolute atomic E-state index is 12.8. The third kappa shape index (κ3) is 4.83. The number of benzene rings is 1. The van der Waals surface area contributed by atoms with Crippen LogP contribution >= 0.6 is 15.9 Å². The second kappa shape index (κ2) is 6.91. The summed E-state index contributed by atoms with van der Waals surface area (Å²) in [5.74, 6) is -0.764. The Morgan fingerprint density at radius 1 is 1.42 bits per heavy atom. The number of hydrogen-bond donors (Lipinski definition) is 1. The first-order chi connectivity index (χ1) is 8.86. The standard InChI is InChI=1S/C12H13BrF3NO2/c1-2-19-6-5-17-11(18)9-4-3-8(13)7-10(9)12(14,15)16/h3-4,7H,2,5-6H2,1H3,(H,17,18).